The van der Waals surface area contributed by atoms with Gasteiger partial charge in [0, 0.05) is 0 Å². The van der Waals surface area contributed by atoms with Crippen LogP contribution in [-0.2, 0) is 9.59 Å². The number of aliphatic hydroxyl groups excluding tert-OH is 1. The first-order valence-electron chi connectivity index (χ1n) is 2.96. The first kappa shape index (κ1) is 10.6. The molecule has 0 radical (unpaired) electrons. The Balaban J connectivity index is 4.39. The van der Waals surface area contributed by atoms with Crippen LogP contribution in [0.25, 0.3) is 0 Å². The Morgan fingerprint density at radius 1 is 1.33 bits per heavy atom. The molecule has 12 heavy (non-hydrogen) atoms. The molecule has 0 bridgehead atoms. The first-order chi connectivity index (χ1) is 5.37. The van der Waals surface area contributed by atoms with Gasteiger partial charge in [-0.15, -0.1) is 0 Å². The molecule has 0 aliphatic heterocycles. The minimum absolute atomic E-state index is 0.634. The van der Waals surface area contributed by atoms with Crippen molar-refractivity contribution in [2.75, 3.05) is 0 Å². The Morgan fingerprint density at radius 2 is 1.75 bits per heavy atom. The van der Waals surface area contributed by atoms with Crippen molar-refractivity contribution < 1.29 is 24.9 Å². The minimum Gasteiger partial charge on any atom is -0.480 e. The van der Waals surface area contributed by atoms with Gasteiger partial charge in [-0.05, 0) is 0 Å². The van der Waals surface area contributed by atoms with Crippen LogP contribution in [-0.4, -0.2) is 39.4 Å². The minimum atomic E-state index is -1.76. The second-order valence-electron chi connectivity index (χ2n) is 2.14. The van der Waals surface area contributed by atoms with Crippen molar-refractivity contribution in [1.29, 1.82) is 0 Å². The van der Waals surface area contributed by atoms with Crippen LogP contribution in [0.4, 0.5) is 0 Å². The Labute approximate surface area is 67.9 Å². The maximum absolute atomic E-state index is 10.2. The summed E-state index contributed by atoms with van der Waals surface area (Å²) >= 11 is 0. The summed E-state index contributed by atoms with van der Waals surface area (Å²) in [6.45, 7) is 2.96. The van der Waals surface area contributed by atoms with Crippen LogP contribution in [0.15, 0.2) is 12.2 Å². The predicted octanol–water partition coefficient (Wildman–Crippen LogP) is -1.60. The molecular formula is C6H9NO5. The summed E-state index contributed by atoms with van der Waals surface area (Å²) in [5.74, 6) is -2.95. The predicted molar refractivity (Wildman–Crippen MR) is 38.4 cm³/mol. The molecule has 1 unspecified atom stereocenters. The molecule has 0 aliphatic carbocycles. The summed E-state index contributed by atoms with van der Waals surface area (Å²) in [6, 6.07) is -1.66. The van der Waals surface area contributed by atoms with Gasteiger partial charge in [0.1, 0.15) is 12.1 Å². The number of carbonyl (C=O) groups is 2. The molecule has 5 N–H and O–H groups in total. The molecule has 0 amide bonds. The second-order valence-corrected chi connectivity index (χ2v) is 2.14. The molecule has 68 valence electrons. The van der Waals surface area contributed by atoms with Crippen LogP contribution in [0.2, 0.25) is 0 Å². The van der Waals surface area contributed by atoms with Crippen molar-refractivity contribution in [3.05, 3.63) is 12.2 Å². The number of aliphatic carboxylic acids is 2. The molecule has 0 heterocycles. The topological polar surface area (TPSA) is 121 Å². The molecule has 0 aliphatic rings. The average molecular weight is 175 g/mol. The fourth-order valence-electron chi connectivity index (χ4n) is 0.478. The van der Waals surface area contributed by atoms with E-state index in [1.165, 1.54) is 0 Å². The highest BCUT2D eigenvalue weighted by Crippen LogP contribution is 2.03. The van der Waals surface area contributed by atoms with Gasteiger partial charge in [-0.3, -0.25) is 4.79 Å². The highest BCUT2D eigenvalue weighted by molar-refractivity contribution is 5.89. The number of rotatable bonds is 4. The number of nitrogens with two attached hydrogens (primary N) is 1. The molecule has 0 spiro atoms. The second kappa shape index (κ2) is 3.84. The van der Waals surface area contributed by atoms with Gasteiger partial charge in [0.05, 0.1) is 5.57 Å². The molecule has 0 fully saturated rings. The van der Waals surface area contributed by atoms with E-state index >= 15 is 0 Å². The summed E-state index contributed by atoms with van der Waals surface area (Å²) < 4.78 is 0. The van der Waals surface area contributed by atoms with Crippen molar-refractivity contribution >= 4 is 11.9 Å². The van der Waals surface area contributed by atoms with Crippen LogP contribution in [0.1, 0.15) is 0 Å². The third-order valence-corrected chi connectivity index (χ3v) is 1.26. The molecule has 0 aromatic rings. The van der Waals surface area contributed by atoms with E-state index in [1.54, 1.807) is 0 Å². The van der Waals surface area contributed by atoms with Gasteiger partial charge in [-0.2, -0.15) is 0 Å². The van der Waals surface area contributed by atoms with Crippen molar-refractivity contribution in [1.82, 2.24) is 0 Å². The van der Waals surface area contributed by atoms with Crippen LogP contribution < -0.4 is 5.73 Å². The lowest BCUT2D eigenvalue weighted by atomic mass is 10.1. The summed E-state index contributed by atoms with van der Waals surface area (Å²) in [6.07, 6.45) is -1.76. The molecule has 0 aromatic heterocycles. The standard InChI is InChI=1S/C6H9NO5/c1-2(5(9)10)4(8)3(7)6(11)12/h3-4,8H,1,7H2,(H,9,10)(H,11,12)/t3-,4?/m0/s1. The maximum atomic E-state index is 10.2. The van der Waals surface area contributed by atoms with Gasteiger partial charge in [0.25, 0.3) is 0 Å². The van der Waals surface area contributed by atoms with Gasteiger partial charge in [-0.25, -0.2) is 4.79 Å². The van der Waals surface area contributed by atoms with Crippen LogP contribution in [0.3, 0.4) is 0 Å². The summed E-state index contributed by atoms with van der Waals surface area (Å²) in [5.41, 5.74) is 4.29. The van der Waals surface area contributed by atoms with E-state index in [9.17, 15) is 9.59 Å². The Morgan fingerprint density at radius 3 is 2.00 bits per heavy atom. The molecule has 0 saturated carbocycles. The number of hydrogen-bond acceptors (Lipinski definition) is 4. The molecule has 0 aromatic carbocycles. The van der Waals surface area contributed by atoms with Gasteiger partial charge in [-0.1, -0.05) is 6.58 Å². The van der Waals surface area contributed by atoms with E-state index in [2.05, 4.69) is 6.58 Å². The SMILES string of the molecule is C=C(C(=O)O)C(O)[C@H](N)C(=O)O. The first-order valence-corrected chi connectivity index (χ1v) is 2.96. The number of hydrogen-bond donors (Lipinski definition) is 4. The highest BCUT2D eigenvalue weighted by atomic mass is 16.4. The molecular weight excluding hydrogens is 166 g/mol. The van der Waals surface area contributed by atoms with Crippen molar-refractivity contribution in [3.8, 4) is 0 Å². The molecule has 0 saturated heterocycles. The third-order valence-electron chi connectivity index (χ3n) is 1.26. The van der Waals surface area contributed by atoms with E-state index in [0.29, 0.717) is 0 Å². The lowest BCUT2D eigenvalue weighted by Gasteiger charge is -2.13. The monoisotopic (exact) mass is 175 g/mol. The van der Waals surface area contributed by atoms with Gasteiger partial charge in [0.15, 0.2) is 0 Å². The zero-order valence-electron chi connectivity index (χ0n) is 6.10. The van der Waals surface area contributed by atoms with Crippen LogP contribution in [0, 0.1) is 0 Å². The molecule has 6 heteroatoms. The van der Waals surface area contributed by atoms with Gasteiger partial charge < -0.3 is 21.1 Å². The zero-order chi connectivity index (χ0) is 9.89. The molecule has 0 rings (SSSR count). The van der Waals surface area contributed by atoms with E-state index in [4.69, 9.17) is 21.1 Å². The van der Waals surface area contributed by atoms with E-state index in [-0.39, 0.29) is 0 Å². The normalized spacial score (nSPS) is 14.8. The van der Waals surface area contributed by atoms with Crippen molar-refractivity contribution in [2.45, 2.75) is 12.1 Å². The van der Waals surface area contributed by atoms with Crippen LogP contribution >= 0.6 is 0 Å². The lowest BCUT2D eigenvalue weighted by molar-refractivity contribution is -0.141. The smallest absolute Gasteiger partial charge is 0.333 e. The Hall–Kier alpha value is -1.40. The Bertz CT molecular complexity index is 224. The Kier molecular flexibility index (Phi) is 3.39. The summed E-state index contributed by atoms with van der Waals surface area (Å²) in [5, 5.41) is 25.5. The largest absolute Gasteiger partial charge is 0.480 e. The fourth-order valence-corrected chi connectivity index (χ4v) is 0.478. The fraction of sp³-hybridized carbons (Fsp3) is 0.333. The highest BCUT2D eigenvalue weighted by Gasteiger charge is 2.27. The quantitative estimate of drug-likeness (QED) is 0.382. The number of aliphatic hydroxyl groups is 1. The van der Waals surface area contributed by atoms with Gasteiger partial charge in [0.2, 0.25) is 0 Å². The van der Waals surface area contributed by atoms with Gasteiger partial charge >= 0.3 is 11.9 Å². The average Bonchev–Trinajstić information content (AvgIpc) is 2.00. The van der Waals surface area contributed by atoms with E-state index < -0.39 is 29.7 Å². The number of carboxylic acid groups (broad SMARTS) is 2. The maximum Gasteiger partial charge on any atom is 0.333 e. The molecule has 6 nitrogen and oxygen atoms in total. The summed E-state index contributed by atoms with van der Waals surface area (Å²) in [4.78, 5) is 20.3. The van der Waals surface area contributed by atoms with Crippen LogP contribution in [0.5, 0.6) is 0 Å². The number of carboxylic acids is 2. The molecule has 2 atom stereocenters. The third kappa shape index (κ3) is 2.33. The van der Waals surface area contributed by atoms with E-state index in [1.807, 2.05) is 0 Å². The van der Waals surface area contributed by atoms with E-state index in [0.717, 1.165) is 0 Å². The zero-order valence-corrected chi connectivity index (χ0v) is 6.10. The summed E-state index contributed by atoms with van der Waals surface area (Å²) in [7, 11) is 0. The van der Waals surface area contributed by atoms with Crippen molar-refractivity contribution in [2.24, 2.45) is 5.73 Å². The van der Waals surface area contributed by atoms with Crippen molar-refractivity contribution in [3.63, 3.8) is 0 Å². The lowest BCUT2D eigenvalue weighted by Crippen LogP contribution is -2.43.